The van der Waals surface area contributed by atoms with Gasteiger partial charge in [-0.15, -0.1) is 0 Å². The Bertz CT molecular complexity index is 1110. The van der Waals surface area contributed by atoms with Gasteiger partial charge in [-0.3, -0.25) is 9.59 Å². The molecule has 0 aromatic heterocycles. The third-order valence-electron chi connectivity index (χ3n) is 8.12. The molecule has 0 bridgehead atoms. The van der Waals surface area contributed by atoms with Crippen LogP contribution in [0.15, 0.2) is 48.5 Å². The Morgan fingerprint density at radius 2 is 1.60 bits per heavy atom. The number of carbonyl (C=O) groups excluding carboxylic acids is 2. The average molecular weight is 477 g/mol. The van der Waals surface area contributed by atoms with Gasteiger partial charge in [0.1, 0.15) is 6.61 Å². The van der Waals surface area contributed by atoms with Crippen molar-refractivity contribution in [1.29, 1.82) is 0 Å². The normalized spacial score (nSPS) is 24.5. The first kappa shape index (κ1) is 23.4. The summed E-state index contributed by atoms with van der Waals surface area (Å²) in [7, 11) is 0. The molecule has 4 atom stereocenters. The summed E-state index contributed by atoms with van der Waals surface area (Å²) in [6.07, 6.45) is 1.62. The van der Waals surface area contributed by atoms with Crippen LogP contribution in [0.2, 0.25) is 0 Å². The van der Waals surface area contributed by atoms with E-state index in [9.17, 15) is 19.5 Å². The van der Waals surface area contributed by atoms with Crippen molar-refractivity contribution in [2.75, 3.05) is 13.2 Å². The van der Waals surface area contributed by atoms with Gasteiger partial charge in [-0.05, 0) is 67.2 Å². The minimum Gasteiger partial charge on any atom is -0.481 e. The SMILES string of the molecule is CC(C)(CNC(=O)OCC1c2ccccc2-c2ccccc21)C(=O)N[C@H]1C[C@H]2CC(C(=O)O)C[C@H]21. The number of benzene rings is 2. The minimum atomic E-state index is -0.818. The molecule has 2 aromatic rings. The van der Waals surface area contributed by atoms with Crippen LogP contribution in [0.25, 0.3) is 11.1 Å². The second kappa shape index (κ2) is 9.02. The highest BCUT2D eigenvalue weighted by Crippen LogP contribution is 2.50. The van der Waals surface area contributed by atoms with E-state index >= 15 is 0 Å². The van der Waals surface area contributed by atoms with Crippen molar-refractivity contribution in [2.45, 2.75) is 45.1 Å². The lowest BCUT2D eigenvalue weighted by Gasteiger charge is -2.42. The fourth-order valence-corrected chi connectivity index (χ4v) is 5.98. The summed E-state index contributed by atoms with van der Waals surface area (Å²) < 4.78 is 5.58. The topological polar surface area (TPSA) is 105 Å². The van der Waals surface area contributed by atoms with E-state index in [1.54, 1.807) is 13.8 Å². The molecule has 3 N–H and O–H groups in total. The van der Waals surface area contributed by atoms with Gasteiger partial charge in [0.05, 0.1) is 11.3 Å². The molecular formula is C28H32N2O5. The lowest BCUT2D eigenvalue weighted by molar-refractivity contribution is -0.141. The zero-order valence-electron chi connectivity index (χ0n) is 20.1. The minimum absolute atomic E-state index is 0.0166. The Morgan fingerprint density at radius 3 is 2.23 bits per heavy atom. The first-order valence-corrected chi connectivity index (χ1v) is 12.4. The molecule has 2 saturated carbocycles. The quantitative estimate of drug-likeness (QED) is 0.556. The molecule has 2 amide bonds. The number of hydrogen-bond acceptors (Lipinski definition) is 4. The van der Waals surface area contributed by atoms with Crippen molar-refractivity contribution in [2.24, 2.45) is 23.2 Å². The standard InChI is InChI=1S/C28H32N2O5/c1-28(2,26(33)30-24-13-16-11-17(25(31)32)12-22(16)24)15-29-27(34)35-14-23-20-9-5-3-7-18(20)19-8-4-6-10-21(19)23/h3-10,16-17,22-24H,11-15H2,1-2H3,(H,29,34)(H,30,33)(H,31,32)/t16-,17?,22-,24+/m1/s1. The number of rotatable bonds is 7. The van der Waals surface area contributed by atoms with Gasteiger partial charge in [0.25, 0.3) is 0 Å². The summed E-state index contributed by atoms with van der Waals surface area (Å²) in [5, 5.41) is 15.1. The molecule has 184 valence electrons. The Kier molecular flexibility index (Phi) is 6.03. The van der Waals surface area contributed by atoms with Crippen LogP contribution in [-0.2, 0) is 14.3 Å². The second-order valence-corrected chi connectivity index (χ2v) is 10.8. The lowest BCUT2D eigenvalue weighted by Crippen LogP contribution is -2.55. The summed E-state index contributed by atoms with van der Waals surface area (Å²) in [6.45, 7) is 3.95. The number of nitrogens with one attached hydrogen (secondary N) is 2. The van der Waals surface area contributed by atoms with E-state index in [0.717, 1.165) is 17.5 Å². The van der Waals surface area contributed by atoms with Gasteiger partial charge in [-0.25, -0.2) is 4.79 Å². The van der Waals surface area contributed by atoms with E-state index < -0.39 is 17.5 Å². The van der Waals surface area contributed by atoms with E-state index in [4.69, 9.17) is 4.74 Å². The Balaban J connectivity index is 1.12. The molecule has 1 unspecified atom stereocenters. The number of carboxylic acids is 1. The molecule has 7 nitrogen and oxygen atoms in total. The van der Waals surface area contributed by atoms with E-state index in [1.165, 1.54) is 11.1 Å². The number of ether oxygens (including phenoxy) is 1. The van der Waals surface area contributed by atoms with Crippen molar-refractivity contribution < 1.29 is 24.2 Å². The molecule has 0 saturated heterocycles. The molecule has 0 spiro atoms. The molecule has 2 aromatic carbocycles. The molecule has 7 heteroatoms. The summed E-state index contributed by atoms with van der Waals surface area (Å²) in [6, 6.07) is 16.4. The van der Waals surface area contributed by atoms with E-state index in [0.29, 0.717) is 18.8 Å². The number of amides is 2. The molecule has 0 radical (unpaired) electrons. The molecule has 35 heavy (non-hydrogen) atoms. The van der Waals surface area contributed by atoms with Crippen LogP contribution in [0, 0.1) is 23.2 Å². The number of carbonyl (C=O) groups is 3. The van der Waals surface area contributed by atoms with Crippen LogP contribution in [0.5, 0.6) is 0 Å². The highest BCUT2D eigenvalue weighted by molar-refractivity contribution is 5.83. The van der Waals surface area contributed by atoms with Crippen LogP contribution >= 0.6 is 0 Å². The van der Waals surface area contributed by atoms with Crippen LogP contribution in [0.4, 0.5) is 4.79 Å². The molecule has 2 fully saturated rings. The maximum absolute atomic E-state index is 12.9. The van der Waals surface area contributed by atoms with Crippen molar-refractivity contribution >= 4 is 18.0 Å². The first-order chi connectivity index (χ1) is 16.7. The molecule has 5 rings (SSSR count). The van der Waals surface area contributed by atoms with Crippen LogP contribution < -0.4 is 10.6 Å². The van der Waals surface area contributed by atoms with E-state index in [2.05, 4.69) is 34.9 Å². The second-order valence-electron chi connectivity index (χ2n) is 10.8. The third-order valence-corrected chi connectivity index (χ3v) is 8.12. The smallest absolute Gasteiger partial charge is 0.407 e. The summed E-state index contributed by atoms with van der Waals surface area (Å²) in [4.78, 5) is 36.7. The number of fused-ring (bicyclic) bond motifs is 4. The van der Waals surface area contributed by atoms with Gasteiger partial charge in [0, 0.05) is 18.5 Å². The van der Waals surface area contributed by atoms with Gasteiger partial charge in [0.2, 0.25) is 5.91 Å². The number of aliphatic carboxylic acids is 1. The summed E-state index contributed by atoms with van der Waals surface area (Å²) in [5.74, 6) is -0.558. The summed E-state index contributed by atoms with van der Waals surface area (Å²) in [5.41, 5.74) is 3.82. The predicted octanol–water partition coefficient (Wildman–Crippen LogP) is 4.17. The van der Waals surface area contributed by atoms with E-state index in [-0.39, 0.29) is 42.9 Å². The third kappa shape index (κ3) is 4.40. The van der Waals surface area contributed by atoms with Gasteiger partial charge < -0.3 is 20.5 Å². The predicted molar refractivity (Wildman–Crippen MR) is 131 cm³/mol. The van der Waals surface area contributed by atoms with Gasteiger partial charge in [-0.1, -0.05) is 48.5 Å². The van der Waals surface area contributed by atoms with Crippen LogP contribution in [0.3, 0.4) is 0 Å². The number of hydrogen-bond donors (Lipinski definition) is 3. The highest BCUT2D eigenvalue weighted by Gasteiger charge is 2.50. The summed E-state index contributed by atoms with van der Waals surface area (Å²) >= 11 is 0. The maximum Gasteiger partial charge on any atom is 0.407 e. The molecule has 3 aliphatic carbocycles. The molecule has 0 aliphatic heterocycles. The van der Waals surface area contributed by atoms with Crippen molar-refractivity contribution in [1.82, 2.24) is 10.6 Å². The lowest BCUT2D eigenvalue weighted by atomic mass is 9.71. The molecular weight excluding hydrogens is 444 g/mol. The van der Waals surface area contributed by atoms with E-state index in [1.807, 2.05) is 24.3 Å². The van der Waals surface area contributed by atoms with Gasteiger partial charge in [-0.2, -0.15) is 0 Å². The largest absolute Gasteiger partial charge is 0.481 e. The van der Waals surface area contributed by atoms with Crippen molar-refractivity contribution in [3.8, 4) is 11.1 Å². The fourth-order valence-electron chi connectivity index (χ4n) is 5.98. The number of alkyl carbamates (subject to hydrolysis) is 1. The average Bonchev–Trinajstić information content (AvgIpc) is 3.35. The van der Waals surface area contributed by atoms with Gasteiger partial charge in [0.15, 0.2) is 0 Å². The fraction of sp³-hybridized carbons (Fsp3) is 0.464. The Labute approximate surface area is 205 Å². The van der Waals surface area contributed by atoms with Crippen LogP contribution in [0.1, 0.15) is 50.2 Å². The zero-order chi connectivity index (χ0) is 24.7. The highest BCUT2D eigenvalue weighted by atomic mass is 16.5. The monoisotopic (exact) mass is 476 g/mol. The van der Waals surface area contributed by atoms with Gasteiger partial charge >= 0.3 is 12.1 Å². The Hall–Kier alpha value is -3.35. The van der Waals surface area contributed by atoms with Crippen LogP contribution in [-0.4, -0.2) is 42.3 Å². The molecule has 3 aliphatic rings. The van der Waals surface area contributed by atoms with Crippen molar-refractivity contribution in [3.05, 3.63) is 59.7 Å². The maximum atomic E-state index is 12.9. The first-order valence-electron chi connectivity index (χ1n) is 12.4. The Morgan fingerprint density at radius 1 is 0.971 bits per heavy atom. The van der Waals surface area contributed by atoms with Crippen molar-refractivity contribution in [3.63, 3.8) is 0 Å². The number of carboxylic acid groups (broad SMARTS) is 1. The molecule has 0 heterocycles. The zero-order valence-corrected chi connectivity index (χ0v) is 20.1.